The van der Waals surface area contributed by atoms with E-state index in [4.69, 9.17) is 16.3 Å². The summed E-state index contributed by atoms with van der Waals surface area (Å²) in [5.74, 6) is -0.260. The molecule has 152 valence electrons. The molecular formula is C18H20ClFN2O4S2. The van der Waals surface area contributed by atoms with E-state index in [1.54, 1.807) is 24.8 Å². The molecular weight excluding hydrogens is 427 g/mol. The van der Waals surface area contributed by atoms with Crippen molar-refractivity contribution in [1.82, 2.24) is 9.21 Å². The van der Waals surface area contributed by atoms with E-state index in [1.807, 2.05) is 0 Å². The number of nitrogens with zero attached hydrogens (tertiary/aromatic N) is 2. The minimum absolute atomic E-state index is 0.191. The molecule has 0 radical (unpaired) electrons. The van der Waals surface area contributed by atoms with Gasteiger partial charge in [-0.1, -0.05) is 11.6 Å². The molecule has 0 N–H and O–H groups in total. The first-order valence-electron chi connectivity index (χ1n) is 8.59. The zero-order valence-corrected chi connectivity index (χ0v) is 17.8. The van der Waals surface area contributed by atoms with Gasteiger partial charge in [0, 0.05) is 26.2 Å². The number of sulfonamides is 1. The Kier molecular flexibility index (Phi) is 6.00. The van der Waals surface area contributed by atoms with Gasteiger partial charge in [0.2, 0.25) is 0 Å². The van der Waals surface area contributed by atoms with E-state index in [0.29, 0.717) is 10.1 Å². The average Bonchev–Trinajstić information content (AvgIpc) is 3.10. The van der Waals surface area contributed by atoms with E-state index < -0.39 is 15.6 Å². The zero-order chi connectivity index (χ0) is 20.5. The molecule has 0 unspecified atom stereocenters. The molecule has 2 aromatic rings. The molecule has 1 saturated heterocycles. The largest absolute Gasteiger partial charge is 0.478 e. The normalized spacial score (nSPS) is 16.2. The number of piperazine rings is 1. The highest BCUT2D eigenvalue weighted by atomic mass is 35.5. The van der Waals surface area contributed by atoms with Crippen LogP contribution in [0.3, 0.4) is 0 Å². The van der Waals surface area contributed by atoms with Crippen molar-refractivity contribution in [1.29, 1.82) is 0 Å². The molecule has 0 saturated carbocycles. The maximum Gasteiger partial charge on any atom is 0.266 e. The lowest BCUT2D eigenvalue weighted by molar-refractivity contribution is -0.146. The predicted octanol–water partition coefficient (Wildman–Crippen LogP) is 3.23. The monoisotopic (exact) mass is 446 g/mol. The average molecular weight is 447 g/mol. The van der Waals surface area contributed by atoms with Gasteiger partial charge in [-0.2, -0.15) is 4.31 Å². The summed E-state index contributed by atoms with van der Waals surface area (Å²) in [5, 5.41) is 0. The summed E-state index contributed by atoms with van der Waals surface area (Å²) in [4.78, 5) is 14.4. The number of thiophene rings is 1. The predicted molar refractivity (Wildman–Crippen MR) is 106 cm³/mol. The Morgan fingerprint density at radius 3 is 2.25 bits per heavy atom. The first-order chi connectivity index (χ1) is 13.1. The molecule has 2 heterocycles. The number of carbonyl (C=O) groups is 1. The lowest BCUT2D eigenvalue weighted by atomic mass is 10.1. The van der Waals surface area contributed by atoms with Crippen LogP contribution in [-0.2, 0) is 14.8 Å². The highest BCUT2D eigenvalue weighted by Gasteiger charge is 2.38. The number of benzene rings is 1. The molecule has 0 spiro atoms. The standard InChI is InChI=1S/C18H20ClFN2O4S2/c1-18(2,26-14-5-3-13(20)4-6-14)17(23)21-9-11-22(12-10-21)28(24,25)16-8-7-15(19)27-16/h3-8H,9-12H2,1-2H3. The number of hydrogen-bond acceptors (Lipinski definition) is 5. The van der Waals surface area contributed by atoms with Crippen molar-refractivity contribution in [2.75, 3.05) is 26.2 Å². The Morgan fingerprint density at radius 1 is 1.11 bits per heavy atom. The molecule has 1 amide bonds. The van der Waals surface area contributed by atoms with Gasteiger partial charge in [0.25, 0.3) is 15.9 Å². The number of hydrogen-bond donors (Lipinski definition) is 0. The third kappa shape index (κ3) is 4.48. The second-order valence-corrected chi connectivity index (χ2v) is 10.7. The summed E-state index contributed by atoms with van der Waals surface area (Å²) in [7, 11) is -3.62. The number of amides is 1. The van der Waals surface area contributed by atoms with Gasteiger partial charge >= 0.3 is 0 Å². The van der Waals surface area contributed by atoms with E-state index in [0.717, 1.165) is 11.3 Å². The van der Waals surface area contributed by atoms with Crippen molar-refractivity contribution in [2.45, 2.75) is 23.7 Å². The third-order valence-electron chi connectivity index (χ3n) is 4.37. The van der Waals surface area contributed by atoms with Crippen LogP contribution in [0.15, 0.2) is 40.6 Å². The van der Waals surface area contributed by atoms with E-state index in [-0.39, 0.29) is 42.1 Å². The van der Waals surface area contributed by atoms with Crippen LogP contribution in [0.5, 0.6) is 5.75 Å². The van der Waals surface area contributed by atoms with Gasteiger partial charge in [-0.15, -0.1) is 11.3 Å². The summed E-state index contributed by atoms with van der Waals surface area (Å²) < 4.78 is 46.0. The smallest absolute Gasteiger partial charge is 0.266 e. The summed E-state index contributed by atoms with van der Waals surface area (Å²) >= 11 is 6.85. The molecule has 3 rings (SSSR count). The lowest BCUT2D eigenvalue weighted by Crippen LogP contribution is -2.56. The van der Waals surface area contributed by atoms with E-state index in [2.05, 4.69) is 0 Å². The fraction of sp³-hybridized carbons (Fsp3) is 0.389. The second kappa shape index (κ2) is 7.98. The van der Waals surface area contributed by atoms with Crippen molar-refractivity contribution >= 4 is 38.9 Å². The molecule has 0 atom stereocenters. The van der Waals surface area contributed by atoms with Gasteiger partial charge in [0.1, 0.15) is 15.8 Å². The number of ether oxygens (including phenoxy) is 1. The number of carbonyl (C=O) groups excluding carboxylic acids is 1. The van der Waals surface area contributed by atoms with E-state index in [1.165, 1.54) is 34.6 Å². The Hall–Kier alpha value is -1.68. The molecule has 0 aliphatic carbocycles. The Balaban J connectivity index is 1.63. The maximum absolute atomic E-state index is 13.0. The fourth-order valence-electron chi connectivity index (χ4n) is 2.92. The Bertz CT molecular complexity index is 952. The van der Waals surface area contributed by atoms with Crippen LogP contribution in [-0.4, -0.2) is 55.3 Å². The third-order valence-corrected chi connectivity index (χ3v) is 7.97. The van der Waals surface area contributed by atoms with Gasteiger partial charge in [-0.25, -0.2) is 12.8 Å². The summed E-state index contributed by atoms with van der Waals surface area (Å²) in [6, 6.07) is 8.47. The minimum Gasteiger partial charge on any atom is -0.478 e. The fourth-order valence-corrected chi connectivity index (χ4v) is 5.98. The molecule has 1 aromatic carbocycles. The van der Waals surface area contributed by atoms with Gasteiger partial charge in [-0.3, -0.25) is 4.79 Å². The van der Waals surface area contributed by atoms with Crippen molar-refractivity contribution in [2.24, 2.45) is 0 Å². The molecule has 0 bridgehead atoms. The number of rotatable bonds is 5. The van der Waals surface area contributed by atoms with Crippen molar-refractivity contribution in [3.05, 3.63) is 46.6 Å². The summed E-state index contributed by atoms with van der Waals surface area (Å²) in [6.07, 6.45) is 0. The molecule has 1 aliphatic rings. The molecule has 1 aliphatic heterocycles. The Morgan fingerprint density at radius 2 is 1.71 bits per heavy atom. The molecule has 28 heavy (non-hydrogen) atoms. The SMILES string of the molecule is CC(C)(Oc1ccc(F)cc1)C(=O)N1CCN(S(=O)(=O)c2ccc(Cl)s2)CC1. The van der Waals surface area contributed by atoms with E-state index >= 15 is 0 Å². The van der Waals surface area contributed by atoms with Gasteiger partial charge < -0.3 is 9.64 Å². The molecule has 1 fully saturated rings. The van der Waals surface area contributed by atoms with E-state index in [9.17, 15) is 17.6 Å². The quantitative estimate of drug-likeness (QED) is 0.707. The van der Waals surface area contributed by atoms with Crippen molar-refractivity contribution in [3.63, 3.8) is 0 Å². The van der Waals surface area contributed by atoms with Crippen LogP contribution in [0, 0.1) is 5.82 Å². The first-order valence-corrected chi connectivity index (χ1v) is 11.2. The van der Waals surface area contributed by atoms with Crippen LogP contribution >= 0.6 is 22.9 Å². The summed E-state index contributed by atoms with van der Waals surface area (Å²) in [5.41, 5.74) is -1.17. The highest BCUT2D eigenvalue weighted by molar-refractivity contribution is 7.91. The first kappa shape index (κ1) is 21.0. The van der Waals surface area contributed by atoms with Gasteiger partial charge in [0.05, 0.1) is 4.34 Å². The van der Waals surface area contributed by atoms with Gasteiger partial charge in [-0.05, 0) is 50.2 Å². The second-order valence-electron chi connectivity index (χ2n) is 6.82. The van der Waals surface area contributed by atoms with Crippen LogP contribution < -0.4 is 4.74 Å². The van der Waals surface area contributed by atoms with Crippen molar-refractivity contribution < 1.29 is 22.3 Å². The van der Waals surface area contributed by atoms with Gasteiger partial charge in [0.15, 0.2) is 5.60 Å². The number of halogens is 2. The maximum atomic E-state index is 13.0. The van der Waals surface area contributed by atoms with Crippen molar-refractivity contribution in [3.8, 4) is 5.75 Å². The lowest BCUT2D eigenvalue weighted by Gasteiger charge is -2.37. The summed E-state index contributed by atoms with van der Waals surface area (Å²) in [6.45, 7) is 4.16. The van der Waals surface area contributed by atoms with Crippen LogP contribution in [0.2, 0.25) is 4.34 Å². The minimum atomic E-state index is -3.62. The molecule has 10 heteroatoms. The Labute approximate surface area is 172 Å². The molecule has 6 nitrogen and oxygen atoms in total. The van der Waals surface area contributed by atoms with Crippen LogP contribution in [0.1, 0.15) is 13.8 Å². The van der Waals surface area contributed by atoms with Crippen LogP contribution in [0.25, 0.3) is 0 Å². The van der Waals surface area contributed by atoms with Crippen LogP contribution in [0.4, 0.5) is 4.39 Å². The highest BCUT2D eigenvalue weighted by Crippen LogP contribution is 2.29. The molecule has 1 aromatic heterocycles. The zero-order valence-electron chi connectivity index (χ0n) is 15.4. The topological polar surface area (TPSA) is 66.9 Å².